The summed E-state index contributed by atoms with van der Waals surface area (Å²) in [6, 6.07) is 14.9. The molecule has 1 amide bonds. The first kappa shape index (κ1) is 14.8. The Morgan fingerprint density at radius 1 is 1.24 bits per heavy atom. The Morgan fingerprint density at radius 2 is 2.00 bits per heavy atom. The van der Waals surface area contributed by atoms with Gasteiger partial charge in [-0.1, -0.05) is 29.8 Å². The van der Waals surface area contributed by atoms with Gasteiger partial charge in [-0.3, -0.25) is 4.79 Å². The smallest absolute Gasteiger partial charge is 0.271 e. The third-order valence-electron chi connectivity index (χ3n) is 2.86. The van der Waals surface area contributed by atoms with Crippen LogP contribution in [0.2, 0.25) is 0 Å². The molecule has 4 heteroatoms. The van der Waals surface area contributed by atoms with E-state index in [9.17, 15) is 4.79 Å². The molecule has 0 saturated carbocycles. The van der Waals surface area contributed by atoms with Gasteiger partial charge in [0.05, 0.1) is 12.8 Å². The fraction of sp³-hybridized carbons (Fsp3) is 0.176. The Labute approximate surface area is 124 Å². The van der Waals surface area contributed by atoms with Gasteiger partial charge in [-0.25, -0.2) is 5.43 Å². The average Bonchev–Trinajstić information content (AvgIpc) is 2.48. The van der Waals surface area contributed by atoms with Crippen molar-refractivity contribution in [3.05, 3.63) is 65.2 Å². The van der Waals surface area contributed by atoms with E-state index >= 15 is 0 Å². The van der Waals surface area contributed by atoms with Crippen LogP contribution in [0.25, 0.3) is 0 Å². The Morgan fingerprint density at radius 3 is 2.71 bits per heavy atom. The van der Waals surface area contributed by atoms with Crippen molar-refractivity contribution < 1.29 is 9.53 Å². The van der Waals surface area contributed by atoms with Crippen LogP contribution in [0, 0.1) is 6.92 Å². The molecule has 0 aliphatic rings. The first-order valence-electron chi connectivity index (χ1n) is 6.82. The molecule has 21 heavy (non-hydrogen) atoms. The molecule has 0 saturated heterocycles. The number of ether oxygens (including phenoxy) is 1. The molecule has 0 aromatic heterocycles. The maximum atomic E-state index is 11.9. The highest BCUT2D eigenvalue weighted by atomic mass is 16.5. The van der Waals surface area contributed by atoms with Gasteiger partial charge in [0, 0.05) is 5.56 Å². The van der Waals surface area contributed by atoms with E-state index in [0.29, 0.717) is 12.2 Å². The summed E-state index contributed by atoms with van der Waals surface area (Å²) >= 11 is 0. The summed E-state index contributed by atoms with van der Waals surface area (Å²) in [4.78, 5) is 11.9. The zero-order chi connectivity index (χ0) is 15.1. The van der Waals surface area contributed by atoms with Gasteiger partial charge in [-0.2, -0.15) is 5.10 Å². The Hall–Kier alpha value is -2.62. The molecule has 0 aliphatic heterocycles. The molecule has 2 aromatic rings. The summed E-state index contributed by atoms with van der Waals surface area (Å²) in [7, 11) is 0. The van der Waals surface area contributed by atoms with Gasteiger partial charge in [0.2, 0.25) is 0 Å². The molecular formula is C17H18N2O2. The van der Waals surface area contributed by atoms with Gasteiger partial charge in [0.15, 0.2) is 0 Å². The highest BCUT2D eigenvalue weighted by Gasteiger charge is 2.02. The number of nitrogens with one attached hydrogen (secondary N) is 1. The van der Waals surface area contributed by atoms with E-state index < -0.39 is 0 Å². The standard InChI is InChI=1S/C17H18N2O2/c1-3-21-16-6-4-5-14(11-16)12-18-19-17(20)15-9-7-13(2)8-10-15/h4-12H,3H2,1-2H3,(H,19,20)/b18-12+. The lowest BCUT2D eigenvalue weighted by Gasteiger charge is -2.03. The summed E-state index contributed by atoms with van der Waals surface area (Å²) < 4.78 is 5.41. The van der Waals surface area contributed by atoms with Crippen molar-refractivity contribution in [3.63, 3.8) is 0 Å². The zero-order valence-electron chi connectivity index (χ0n) is 12.2. The second kappa shape index (κ2) is 7.24. The number of nitrogens with zero attached hydrogens (tertiary/aromatic N) is 1. The molecule has 0 unspecified atom stereocenters. The molecule has 0 atom stereocenters. The predicted octanol–water partition coefficient (Wildman–Crippen LogP) is 3.16. The van der Waals surface area contributed by atoms with Gasteiger partial charge in [-0.05, 0) is 43.7 Å². The minimum atomic E-state index is -0.229. The summed E-state index contributed by atoms with van der Waals surface area (Å²) in [6.07, 6.45) is 1.59. The van der Waals surface area contributed by atoms with Gasteiger partial charge < -0.3 is 4.74 Å². The topological polar surface area (TPSA) is 50.7 Å². The fourth-order valence-electron chi connectivity index (χ4n) is 1.79. The van der Waals surface area contributed by atoms with Crippen LogP contribution in [-0.2, 0) is 0 Å². The van der Waals surface area contributed by atoms with Crippen LogP contribution in [0.4, 0.5) is 0 Å². The number of hydrazone groups is 1. The summed E-state index contributed by atoms with van der Waals surface area (Å²) in [5.74, 6) is 0.554. The number of amides is 1. The van der Waals surface area contributed by atoms with Crippen molar-refractivity contribution in [3.8, 4) is 5.75 Å². The molecule has 4 nitrogen and oxygen atoms in total. The molecule has 0 bridgehead atoms. The monoisotopic (exact) mass is 282 g/mol. The largest absolute Gasteiger partial charge is 0.494 e. The molecule has 2 rings (SSSR count). The van der Waals surface area contributed by atoms with Crippen molar-refractivity contribution in [1.29, 1.82) is 0 Å². The second-order valence-electron chi connectivity index (χ2n) is 4.57. The van der Waals surface area contributed by atoms with Crippen molar-refractivity contribution in [2.75, 3.05) is 6.61 Å². The Bertz CT molecular complexity index is 633. The number of rotatable bonds is 5. The lowest BCUT2D eigenvalue weighted by Crippen LogP contribution is -2.17. The third kappa shape index (κ3) is 4.45. The maximum Gasteiger partial charge on any atom is 0.271 e. The number of benzene rings is 2. The molecule has 108 valence electrons. The molecule has 0 spiro atoms. The van der Waals surface area contributed by atoms with Crippen LogP contribution in [0.15, 0.2) is 53.6 Å². The van der Waals surface area contributed by atoms with Crippen molar-refractivity contribution >= 4 is 12.1 Å². The summed E-state index contributed by atoms with van der Waals surface area (Å²) in [6.45, 7) is 4.53. The molecule has 2 aromatic carbocycles. The summed E-state index contributed by atoms with van der Waals surface area (Å²) in [5, 5.41) is 3.96. The van der Waals surface area contributed by atoms with Gasteiger partial charge in [-0.15, -0.1) is 0 Å². The van der Waals surface area contributed by atoms with Crippen LogP contribution >= 0.6 is 0 Å². The van der Waals surface area contributed by atoms with Crippen LogP contribution in [0.1, 0.15) is 28.4 Å². The SMILES string of the molecule is CCOc1cccc(/C=N/NC(=O)c2ccc(C)cc2)c1. The number of aryl methyl sites for hydroxylation is 1. The maximum absolute atomic E-state index is 11.9. The number of carbonyl (C=O) groups excluding carboxylic acids is 1. The highest BCUT2D eigenvalue weighted by Crippen LogP contribution is 2.11. The lowest BCUT2D eigenvalue weighted by molar-refractivity contribution is 0.0955. The summed E-state index contributed by atoms with van der Waals surface area (Å²) in [5.41, 5.74) is 5.07. The quantitative estimate of drug-likeness (QED) is 0.676. The molecule has 0 heterocycles. The third-order valence-corrected chi connectivity index (χ3v) is 2.86. The Kier molecular flexibility index (Phi) is 5.10. The van der Waals surface area contributed by atoms with Crippen LogP contribution in [0.3, 0.4) is 0 Å². The van der Waals surface area contributed by atoms with Gasteiger partial charge in [0.25, 0.3) is 5.91 Å². The number of carbonyl (C=O) groups is 1. The molecule has 0 aliphatic carbocycles. The van der Waals surface area contributed by atoms with E-state index in [-0.39, 0.29) is 5.91 Å². The minimum absolute atomic E-state index is 0.229. The second-order valence-corrected chi connectivity index (χ2v) is 4.57. The minimum Gasteiger partial charge on any atom is -0.494 e. The van der Waals surface area contributed by atoms with E-state index in [1.807, 2.05) is 50.2 Å². The van der Waals surface area contributed by atoms with E-state index in [0.717, 1.165) is 16.9 Å². The van der Waals surface area contributed by atoms with Gasteiger partial charge in [0.1, 0.15) is 5.75 Å². The molecule has 0 radical (unpaired) electrons. The van der Waals surface area contributed by atoms with Crippen LogP contribution in [-0.4, -0.2) is 18.7 Å². The van der Waals surface area contributed by atoms with Crippen LogP contribution < -0.4 is 10.2 Å². The fourth-order valence-corrected chi connectivity index (χ4v) is 1.79. The molecular weight excluding hydrogens is 264 g/mol. The Balaban J connectivity index is 1.97. The molecule has 0 fully saturated rings. The van der Waals surface area contributed by atoms with E-state index in [1.165, 1.54) is 0 Å². The first-order valence-corrected chi connectivity index (χ1v) is 6.82. The van der Waals surface area contributed by atoms with E-state index in [4.69, 9.17) is 4.74 Å². The normalized spacial score (nSPS) is 10.6. The molecule has 1 N–H and O–H groups in total. The van der Waals surface area contributed by atoms with Crippen molar-refractivity contribution in [2.45, 2.75) is 13.8 Å². The average molecular weight is 282 g/mol. The van der Waals surface area contributed by atoms with E-state index in [1.54, 1.807) is 18.3 Å². The van der Waals surface area contributed by atoms with Gasteiger partial charge >= 0.3 is 0 Å². The lowest BCUT2D eigenvalue weighted by atomic mass is 10.1. The van der Waals surface area contributed by atoms with Crippen molar-refractivity contribution in [1.82, 2.24) is 5.43 Å². The number of hydrogen-bond acceptors (Lipinski definition) is 3. The van der Waals surface area contributed by atoms with E-state index in [2.05, 4.69) is 10.5 Å². The highest BCUT2D eigenvalue weighted by molar-refractivity contribution is 5.94. The first-order chi connectivity index (χ1) is 10.2. The number of hydrogen-bond donors (Lipinski definition) is 1. The van der Waals surface area contributed by atoms with Crippen molar-refractivity contribution in [2.24, 2.45) is 5.10 Å². The van der Waals surface area contributed by atoms with Crippen LogP contribution in [0.5, 0.6) is 5.75 Å². The zero-order valence-corrected chi connectivity index (χ0v) is 12.2. The predicted molar refractivity (Wildman–Crippen MR) is 83.9 cm³/mol.